The van der Waals surface area contributed by atoms with Crippen molar-refractivity contribution in [3.8, 4) is 5.75 Å². The molecule has 0 amide bonds. The fraction of sp³-hybridized carbons (Fsp3) is 0.111. The monoisotopic (exact) mass is 327 g/mol. The minimum Gasteiger partial charge on any atom is -0.497 e. The van der Waals surface area contributed by atoms with E-state index in [0.717, 1.165) is 17.0 Å². The molecule has 0 bridgehead atoms. The molecule has 0 N–H and O–H groups in total. The molecule has 1 heterocycles. The molecular weight excluding hydrogens is 310 g/mol. The van der Waals surface area contributed by atoms with Crippen LogP contribution in [0.4, 0.5) is 0 Å². The Morgan fingerprint density at radius 3 is 2.26 bits per heavy atom. The summed E-state index contributed by atoms with van der Waals surface area (Å²) in [5.41, 5.74) is 1.74. The first-order chi connectivity index (χ1) is 11.1. The normalized spacial score (nSPS) is 11.3. The van der Waals surface area contributed by atoms with Crippen molar-refractivity contribution in [1.29, 1.82) is 0 Å². The highest BCUT2D eigenvalue weighted by molar-refractivity contribution is 7.90. The predicted octanol–water partition coefficient (Wildman–Crippen LogP) is 3.32. The summed E-state index contributed by atoms with van der Waals surface area (Å²) in [7, 11) is -1.95. The minimum absolute atomic E-state index is 0.284. The minimum atomic E-state index is -3.57. The maximum atomic E-state index is 12.7. The smallest absolute Gasteiger partial charge is 0.267 e. The molecule has 5 heteroatoms. The summed E-state index contributed by atoms with van der Waals surface area (Å²) in [4.78, 5) is 0.284. The van der Waals surface area contributed by atoms with Crippen LogP contribution in [0.3, 0.4) is 0 Å². The van der Waals surface area contributed by atoms with Crippen LogP contribution in [-0.4, -0.2) is 19.5 Å². The molecular formula is C18H17NO3S. The molecule has 118 valence electrons. The van der Waals surface area contributed by atoms with Gasteiger partial charge in [-0.05, 0) is 42.0 Å². The number of hydrogen-bond acceptors (Lipinski definition) is 3. The van der Waals surface area contributed by atoms with Crippen molar-refractivity contribution in [2.24, 2.45) is 0 Å². The molecule has 0 aliphatic heterocycles. The van der Waals surface area contributed by atoms with Gasteiger partial charge in [-0.1, -0.05) is 30.3 Å². The lowest BCUT2D eigenvalue weighted by atomic mass is 10.1. The Hall–Kier alpha value is -2.53. The van der Waals surface area contributed by atoms with Crippen LogP contribution in [0.2, 0.25) is 0 Å². The zero-order valence-corrected chi connectivity index (χ0v) is 13.5. The number of aromatic nitrogens is 1. The Bertz CT molecular complexity index is 882. The Balaban J connectivity index is 1.93. The average molecular weight is 327 g/mol. The summed E-state index contributed by atoms with van der Waals surface area (Å²) in [6.45, 7) is 0. The van der Waals surface area contributed by atoms with Crippen molar-refractivity contribution in [1.82, 2.24) is 3.97 Å². The van der Waals surface area contributed by atoms with E-state index in [1.165, 1.54) is 3.97 Å². The van der Waals surface area contributed by atoms with Gasteiger partial charge in [0.2, 0.25) is 0 Å². The molecule has 0 fully saturated rings. The van der Waals surface area contributed by atoms with E-state index in [-0.39, 0.29) is 4.90 Å². The molecule has 3 rings (SSSR count). The number of hydrogen-bond donors (Lipinski definition) is 0. The molecule has 0 saturated carbocycles. The molecule has 0 spiro atoms. The van der Waals surface area contributed by atoms with Crippen LogP contribution in [-0.2, 0) is 16.4 Å². The summed E-state index contributed by atoms with van der Waals surface area (Å²) in [6, 6.07) is 19.6. The van der Waals surface area contributed by atoms with Crippen LogP contribution in [0.25, 0.3) is 0 Å². The van der Waals surface area contributed by atoms with E-state index < -0.39 is 10.0 Å². The lowest BCUT2D eigenvalue weighted by Gasteiger charge is -2.11. The molecule has 1 aromatic heterocycles. The third kappa shape index (κ3) is 3.14. The molecule has 23 heavy (non-hydrogen) atoms. The Kier molecular flexibility index (Phi) is 4.21. The van der Waals surface area contributed by atoms with E-state index >= 15 is 0 Å². The van der Waals surface area contributed by atoms with E-state index in [9.17, 15) is 8.42 Å². The first-order valence-electron chi connectivity index (χ1n) is 7.21. The summed E-state index contributed by atoms with van der Waals surface area (Å²) in [6.07, 6.45) is 2.12. The van der Waals surface area contributed by atoms with Gasteiger partial charge < -0.3 is 4.74 Å². The van der Waals surface area contributed by atoms with Crippen molar-refractivity contribution < 1.29 is 13.2 Å². The van der Waals surface area contributed by atoms with Gasteiger partial charge in [0.05, 0.1) is 12.0 Å². The van der Waals surface area contributed by atoms with Crippen molar-refractivity contribution in [3.05, 3.63) is 84.2 Å². The largest absolute Gasteiger partial charge is 0.497 e. The van der Waals surface area contributed by atoms with E-state index in [0.29, 0.717) is 6.42 Å². The van der Waals surface area contributed by atoms with Gasteiger partial charge in [-0.3, -0.25) is 0 Å². The lowest BCUT2D eigenvalue weighted by molar-refractivity contribution is 0.414. The molecule has 3 aromatic rings. The summed E-state index contributed by atoms with van der Waals surface area (Å²) < 4.78 is 32.0. The highest BCUT2D eigenvalue weighted by Crippen LogP contribution is 2.20. The fourth-order valence-corrected chi connectivity index (χ4v) is 3.82. The maximum absolute atomic E-state index is 12.7. The molecule has 0 atom stereocenters. The zero-order chi connectivity index (χ0) is 16.3. The second-order valence-corrected chi connectivity index (χ2v) is 6.95. The topological polar surface area (TPSA) is 48.3 Å². The molecule has 0 saturated heterocycles. The molecule has 0 radical (unpaired) electrons. The van der Waals surface area contributed by atoms with Crippen LogP contribution in [0.15, 0.2) is 77.8 Å². The summed E-state index contributed by atoms with van der Waals surface area (Å²) >= 11 is 0. The van der Waals surface area contributed by atoms with Crippen LogP contribution in [0, 0.1) is 0 Å². The molecule has 2 aromatic carbocycles. The Morgan fingerprint density at radius 1 is 0.913 bits per heavy atom. The highest BCUT2D eigenvalue weighted by atomic mass is 32.2. The van der Waals surface area contributed by atoms with E-state index in [1.807, 2.05) is 30.3 Å². The number of ether oxygens (including phenoxy) is 1. The number of nitrogens with zero attached hydrogens (tertiary/aromatic N) is 1. The Labute approximate surface area is 136 Å². The van der Waals surface area contributed by atoms with Crippen LogP contribution in [0.5, 0.6) is 5.75 Å². The first-order valence-corrected chi connectivity index (χ1v) is 8.65. The quantitative estimate of drug-likeness (QED) is 0.722. The van der Waals surface area contributed by atoms with Gasteiger partial charge in [0.25, 0.3) is 10.0 Å². The van der Waals surface area contributed by atoms with Gasteiger partial charge in [0, 0.05) is 18.3 Å². The second-order valence-electron chi connectivity index (χ2n) is 5.14. The number of benzene rings is 2. The summed E-state index contributed by atoms with van der Waals surface area (Å²) in [5, 5.41) is 0. The summed E-state index contributed by atoms with van der Waals surface area (Å²) in [5.74, 6) is 0.779. The standard InChI is InChI=1S/C18H17NO3S/c1-22-17-11-9-15(10-12-17)14-16-6-5-13-19(16)23(20,21)18-7-3-2-4-8-18/h2-13H,14H2,1H3. The average Bonchev–Trinajstić information content (AvgIpc) is 3.05. The van der Waals surface area contributed by atoms with Crippen molar-refractivity contribution in [2.45, 2.75) is 11.3 Å². The molecule has 0 aliphatic rings. The zero-order valence-electron chi connectivity index (χ0n) is 12.7. The molecule has 4 nitrogen and oxygen atoms in total. The highest BCUT2D eigenvalue weighted by Gasteiger charge is 2.18. The predicted molar refractivity (Wildman–Crippen MR) is 89.3 cm³/mol. The first kappa shape index (κ1) is 15.4. The molecule has 0 unspecified atom stereocenters. The van der Waals surface area contributed by atoms with E-state index in [1.54, 1.807) is 49.7 Å². The van der Waals surface area contributed by atoms with Gasteiger partial charge in [0.15, 0.2) is 0 Å². The van der Waals surface area contributed by atoms with Gasteiger partial charge in [0.1, 0.15) is 5.75 Å². The van der Waals surface area contributed by atoms with Crippen molar-refractivity contribution in [2.75, 3.05) is 7.11 Å². The maximum Gasteiger partial charge on any atom is 0.267 e. The van der Waals surface area contributed by atoms with E-state index in [4.69, 9.17) is 4.74 Å². The third-order valence-corrected chi connectivity index (χ3v) is 5.38. The van der Waals surface area contributed by atoms with Crippen LogP contribution < -0.4 is 4.74 Å². The third-order valence-electron chi connectivity index (χ3n) is 3.64. The number of methoxy groups -OCH3 is 1. The van der Waals surface area contributed by atoms with Gasteiger partial charge in [-0.15, -0.1) is 0 Å². The van der Waals surface area contributed by atoms with Crippen molar-refractivity contribution >= 4 is 10.0 Å². The van der Waals surface area contributed by atoms with Gasteiger partial charge >= 0.3 is 0 Å². The fourth-order valence-electron chi connectivity index (χ4n) is 2.43. The number of rotatable bonds is 5. The second kappa shape index (κ2) is 6.30. The SMILES string of the molecule is COc1ccc(Cc2cccn2S(=O)(=O)c2ccccc2)cc1. The molecule has 0 aliphatic carbocycles. The Morgan fingerprint density at radius 2 is 1.61 bits per heavy atom. The van der Waals surface area contributed by atoms with E-state index in [2.05, 4.69) is 0 Å². The van der Waals surface area contributed by atoms with Crippen LogP contribution in [0.1, 0.15) is 11.3 Å². The lowest BCUT2D eigenvalue weighted by Crippen LogP contribution is -2.15. The van der Waals surface area contributed by atoms with Gasteiger partial charge in [-0.25, -0.2) is 12.4 Å². The van der Waals surface area contributed by atoms with Crippen molar-refractivity contribution in [3.63, 3.8) is 0 Å². The van der Waals surface area contributed by atoms with Crippen LogP contribution >= 0.6 is 0 Å². The van der Waals surface area contributed by atoms with Gasteiger partial charge in [-0.2, -0.15) is 0 Å².